The summed E-state index contributed by atoms with van der Waals surface area (Å²) >= 11 is 0. The van der Waals surface area contributed by atoms with Gasteiger partial charge in [0.1, 0.15) is 6.20 Å². The number of aryl methyl sites for hydroxylation is 1. The monoisotopic (exact) mass is 292 g/mol. The van der Waals surface area contributed by atoms with Gasteiger partial charge in [-0.15, -0.1) is 0 Å². The normalized spacial score (nSPS) is 21.1. The third kappa shape index (κ3) is 3.02. The predicted molar refractivity (Wildman–Crippen MR) is 77.9 cm³/mol. The van der Waals surface area contributed by atoms with E-state index in [9.17, 15) is 14.9 Å². The maximum absolute atomic E-state index is 12.6. The zero-order chi connectivity index (χ0) is 15.8. The van der Waals surface area contributed by atoms with Crippen LogP contribution in [-0.2, 0) is 0 Å². The maximum Gasteiger partial charge on any atom is 0.288 e. The molecule has 1 aliphatic rings. The Morgan fingerprint density at radius 1 is 1.57 bits per heavy atom. The molecule has 0 radical (unpaired) electrons. The van der Waals surface area contributed by atoms with Gasteiger partial charge in [0, 0.05) is 25.2 Å². The third-order valence-corrected chi connectivity index (χ3v) is 4.11. The van der Waals surface area contributed by atoms with Gasteiger partial charge in [0.15, 0.2) is 0 Å². The molecule has 1 unspecified atom stereocenters. The second-order valence-electron chi connectivity index (χ2n) is 6.19. The van der Waals surface area contributed by atoms with E-state index in [4.69, 9.17) is 5.73 Å². The summed E-state index contributed by atoms with van der Waals surface area (Å²) < 4.78 is 0. The first kappa shape index (κ1) is 15.4. The largest absolute Gasteiger partial charge is 0.338 e. The number of piperidine rings is 1. The summed E-state index contributed by atoms with van der Waals surface area (Å²) in [6, 6.07) is 1.34. The van der Waals surface area contributed by atoms with Gasteiger partial charge in [-0.1, -0.05) is 13.8 Å². The SMILES string of the molecule is Cc1ncc([N+](=O)[O-])cc1C(=O)N1CCC(N)C(C)(C)C1. The van der Waals surface area contributed by atoms with Crippen LogP contribution in [0.1, 0.15) is 36.3 Å². The molecule has 7 nitrogen and oxygen atoms in total. The van der Waals surface area contributed by atoms with Gasteiger partial charge in [0.2, 0.25) is 0 Å². The molecule has 0 saturated carbocycles. The third-order valence-electron chi connectivity index (χ3n) is 4.11. The van der Waals surface area contributed by atoms with Gasteiger partial charge in [-0.3, -0.25) is 19.9 Å². The number of nitrogens with two attached hydrogens (primary N) is 1. The van der Waals surface area contributed by atoms with E-state index in [1.807, 2.05) is 13.8 Å². The van der Waals surface area contributed by atoms with Crippen molar-refractivity contribution in [3.63, 3.8) is 0 Å². The molecule has 1 aliphatic heterocycles. The Balaban J connectivity index is 2.28. The number of aromatic nitrogens is 1. The van der Waals surface area contributed by atoms with E-state index >= 15 is 0 Å². The summed E-state index contributed by atoms with van der Waals surface area (Å²) in [6.45, 7) is 6.82. The lowest BCUT2D eigenvalue weighted by atomic mass is 9.79. The Bertz CT molecular complexity index is 586. The molecule has 1 atom stereocenters. The van der Waals surface area contributed by atoms with E-state index in [2.05, 4.69) is 4.98 Å². The lowest BCUT2D eigenvalue weighted by Gasteiger charge is -2.42. The van der Waals surface area contributed by atoms with Crippen LogP contribution in [0, 0.1) is 22.5 Å². The topological polar surface area (TPSA) is 102 Å². The van der Waals surface area contributed by atoms with Gasteiger partial charge in [-0.25, -0.2) is 0 Å². The molecule has 1 amide bonds. The fraction of sp³-hybridized carbons (Fsp3) is 0.571. The zero-order valence-electron chi connectivity index (χ0n) is 12.5. The van der Waals surface area contributed by atoms with E-state index in [1.54, 1.807) is 11.8 Å². The first-order valence-corrected chi connectivity index (χ1v) is 6.88. The van der Waals surface area contributed by atoms with Crippen molar-refractivity contribution in [2.75, 3.05) is 13.1 Å². The van der Waals surface area contributed by atoms with E-state index in [1.165, 1.54) is 12.3 Å². The first-order chi connectivity index (χ1) is 9.72. The second kappa shape index (κ2) is 5.40. The highest BCUT2D eigenvalue weighted by Gasteiger charge is 2.36. The fourth-order valence-electron chi connectivity index (χ4n) is 2.56. The Labute approximate surface area is 123 Å². The van der Waals surface area contributed by atoms with Crippen LogP contribution in [0.4, 0.5) is 5.69 Å². The molecule has 2 heterocycles. The molecule has 0 bridgehead atoms. The van der Waals surface area contributed by atoms with Gasteiger partial charge in [-0.05, 0) is 18.8 Å². The molecule has 0 aromatic carbocycles. The number of hydrogen-bond donors (Lipinski definition) is 1. The average Bonchev–Trinajstić information content (AvgIpc) is 2.41. The highest BCUT2D eigenvalue weighted by Crippen LogP contribution is 2.29. The molecule has 21 heavy (non-hydrogen) atoms. The first-order valence-electron chi connectivity index (χ1n) is 6.88. The van der Waals surface area contributed by atoms with Gasteiger partial charge >= 0.3 is 0 Å². The van der Waals surface area contributed by atoms with E-state index < -0.39 is 4.92 Å². The number of carbonyl (C=O) groups excluding carboxylic acids is 1. The van der Waals surface area contributed by atoms with Crippen molar-refractivity contribution >= 4 is 11.6 Å². The van der Waals surface area contributed by atoms with Crippen molar-refractivity contribution in [1.29, 1.82) is 0 Å². The lowest BCUT2D eigenvalue weighted by Crippen LogP contribution is -2.54. The average molecular weight is 292 g/mol. The zero-order valence-corrected chi connectivity index (χ0v) is 12.5. The van der Waals surface area contributed by atoms with Crippen LogP contribution in [0.5, 0.6) is 0 Å². The minimum Gasteiger partial charge on any atom is -0.338 e. The Kier molecular flexibility index (Phi) is 3.95. The molecule has 114 valence electrons. The fourth-order valence-corrected chi connectivity index (χ4v) is 2.56. The van der Waals surface area contributed by atoms with Crippen molar-refractivity contribution in [3.8, 4) is 0 Å². The minimum atomic E-state index is -0.542. The number of likely N-dealkylation sites (tertiary alicyclic amines) is 1. The summed E-state index contributed by atoms with van der Waals surface area (Å²) in [6.07, 6.45) is 1.89. The molecule has 1 aromatic heterocycles. The summed E-state index contributed by atoms with van der Waals surface area (Å²) in [5.41, 5.74) is 6.51. The second-order valence-corrected chi connectivity index (χ2v) is 6.19. The van der Waals surface area contributed by atoms with Crippen molar-refractivity contribution in [3.05, 3.63) is 33.6 Å². The molecular weight excluding hydrogens is 272 g/mol. The summed E-state index contributed by atoms with van der Waals surface area (Å²) in [5.74, 6) is -0.219. The van der Waals surface area contributed by atoms with Gasteiger partial charge < -0.3 is 10.6 Å². The smallest absolute Gasteiger partial charge is 0.288 e. The molecular formula is C14H20N4O3. The molecule has 2 rings (SSSR count). The highest BCUT2D eigenvalue weighted by molar-refractivity contribution is 5.95. The van der Waals surface area contributed by atoms with Crippen LogP contribution in [-0.4, -0.2) is 39.8 Å². The van der Waals surface area contributed by atoms with Crippen molar-refractivity contribution < 1.29 is 9.72 Å². The molecule has 0 spiro atoms. The summed E-state index contributed by atoms with van der Waals surface area (Å²) in [5, 5.41) is 10.8. The van der Waals surface area contributed by atoms with E-state index in [0.29, 0.717) is 18.8 Å². The molecule has 1 aromatic rings. The van der Waals surface area contributed by atoms with Crippen LogP contribution in [0.25, 0.3) is 0 Å². The van der Waals surface area contributed by atoms with Gasteiger partial charge in [0.05, 0.1) is 16.2 Å². The van der Waals surface area contributed by atoms with Crippen LogP contribution in [0.15, 0.2) is 12.3 Å². The Morgan fingerprint density at radius 2 is 2.24 bits per heavy atom. The molecule has 2 N–H and O–H groups in total. The van der Waals surface area contributed by atoms with Crippen LogP contribution in [0.2, 0.25) is 0 Å². The number of pyridine rings is 1. The number of nitrogens with zero attached hydrogens (tertiary/aromatic N) is 3. The molecule has 0 aliphatic carbocycles. The van der Waals surface area contributed by atoms with E-state index in [0.717, 1.165) is 6.42 Å². The number of rotatable bonds is 2. The minimum absolute atomic E-state index is 0.0471. The predicted octanol–water partition coefficient (Wildman–Crippen LogP) is 1.50. The van der Waals surface area contributed by atoms with Crippen molar-refractivity contribution in [2.45, 2.75) is 33.2 Å². The number of hydrogen-bond acceptors (Lipinski definition) is 5. The maximum atomic E-state index is 12.6. The van der Waals surface area contributed by atoms with Crippen LogP contribution in [0.3, 0.4) is 0 Å². The Hall–Kier alpha value is -2.02. The van der Waals surface area contributed by atoms with Crippen LogP contribution >= 0.6 is 0 Å². The van der Waals surface area contributed by atoms with Crippen molar-refractivity contribution in [2.24, 2.45) is 11.1 Å². The highest BCUT2D eigenvalue weighted by atomic mass is 16.6. The number of carbonyl (C=O) groups is 1. The van der Waals surface area contributed by atoms with Gasteiger partial charge in [0.25, 0.3) is 11.6 Å². The number of nitro groups is 1. The molecule has 1 saturated heterocycles. The lowest BCUT2D eigenvalue weighted by molar-refractivity contribution is -0.385. The quantitative estimate of drug-likeness (QED) is 0.657. The molecule has 7 heteroatoms. The van der Waals surface area contributed by atoms with Crippen LogP contribution < -0.4 is 5.73 Å². The standard InChI is InChI=1S/C14H20N4O3/c1-9-11(6-10(7-16-9)18(20)21)13(19)17-5-4-12(15)14(2,3)8-17/h6-7,12H,4-5,8,15H2,1-3H3. The van der Waals surface area contributed by atoms with Crippen molar-refractivity contribution in [1.82, 2.24) is 9.88 Å². The van der Waals surface area contributed by atoms with Gasteiger partial charge in [-0.2, -0.15) is 0 Å². The Morgan fingerprint density at radius 3 is 2.81 bits per heavy atom. The van der Waals surface area contributed by atoms with E-state index in [-0.39, 0.29) is 28.6 Å². The number of amides is 1. The summed E-state index contributed by atoms with van der Waals surface area (Å²) in [7, 11) is 0. The molecule has 1 fully saturated rings. The summed E-state index contributed by atoms with van der Waals surface area (Å²) in [4.78, 5) is 28.6.